The summed E-state index contributed by atoms with van der Waals surface area (Å²) in [5.41, 5.74) is 1.48. The van der Waals surface area contributed by atoms with Gasteiger partial charge in [0, 0.05) is 11.6 Å². The molecule has 2 atom stereocenters. The molecule has 0 aromatic heterocycles. The lowest BCUT2D eigenvalue weighted by Gasteiger charge is -2.29. The number of aryl methyl sites for hydroxylation is 1. The third kappa shape index (κ3) is 3.49. The second-order valence-electron chi connectivity index (χ2n) is 5.61. The van der Waals surface area contributed by atoms with E-state index in [4.69, 9.17) is 0 Å². The number of benzene rings is 1. The van der Waals surface area contributed by atoms with Gasteiger partial charge in [-0.15, -0.1) is 0 Å². The van der Waals surface area contributed by atoms with E-state index in [-0.39, 0.29) is 11.7 Å². The minimum Gasteiger partial charge on any atom is -0.508 e. The molecule has 2 N–H and O–H groups in total. The second-order valence-corrected chi connectivity index (χ2v) is 5.61. The fourth-order valence-electron chi connectivity index (χ4n) is 2.96. The molecular weight excluding hydrogens is 238 g/mol. The summed E-state index contributed by atoms with van der Waals surface area (Å²) in [4.78, 5) is 12.2. The number of amides is 1. The first kappa shape index (κ1) is 13.9. The van der Waals surface area contributed by atoms with Gasteiger partial charge in [-0.3, -0.25) is 4.79 Å². The van der Waals surface area contributed by atoms with Crippen LogP contribution in [0.3, 0.4) is 0 Å². The second kappa shape index (κ2) is 6.09. The standard InChI is InChI=1S/C16H23NO2/c1-3-12-5-4-6-13(10-12)17-16(19)15-8-7-14(18)9-11(15)2/h7-9,12-13,18H,3-6,10H2,1-2H3,(H,17,19). The molecule has 3 heteroatoms. The number of nitrogens with one attached hydrogen (secondary N) is 1. The van der Waals surface area contributed by atoms with Crippen LogP contribution in [0.15, 0.2) is 18.2 Å². The summed E-state index contributed by atoms with van der Waals surface area (Å²) in [5, 5.41) is 12.5. The number of hydrogen-bond acceptors (Lipinski definition) is 2. The quantitative estimate of drug-likeness (QED) is 0.876. The van der Waals surface area contributed by atoms with Crippen LogP contribution in [0.5, 0.6) is 5.75 Å². The lowest BCUT2D eigenvalue weighted by molar-refractivity contribution is 0.0918. The highest BCUT2D eigenvalue weighted by atomic mass is 16.3. The summed E-state index contributed by atoms with van der Waals surface area (Å²) >= 11 is 0. The van der Waals surface area contributed by atoms with Gasteiger partial charge in [0.1, 0.15) is 5.75 Å². The highest BCUT2D eigenvalue weighted by molar-refractivity contribution is 5.95. The fourth-order valence-corrected chi connectivity index (χ4v) is 2.96. The lowest BCUT2D eigenvalue weighted by Crippen LogP contribution is -2.38. The van der Waals surface area contributed by atoms with Gasteiger partial charge in [0.25, 0.3) is 5.91 Å². The number of carbonyl (C=O) groups is 1. The number of phenols is 1. The Morgan fingerprint density at radius 2 is 2.21 bits per heavy atom. The summed E-state index contributed by atoms with van der Waals surface area (Å²) in [6.07, 6.45) is 5.88. The first-order valence-corrected chi connectivity index (χ1v) is 7.20. The van der Waals surface area contributed by atoms with Gasteiger partial charge in [0.05, 0.1) is 0 Å². The minimum atomic E-state index is -0.0146. The van der Waals surface area contributed by atoms with E-state index in [0.29, 0.717) is 11.6 Å². The van der Waals surface area contributed by atoms with Gasteiger partial charge in [-0.1, -0.05) is 26.2 Å². The van der Waals surface area contributed by atoms with E-state index in [1.807, 2.05) is 6.92 Å². The molecule has 1 aliphatic rings. The van der Waals surface area contributed by atoms with Crippen molar-refractivity contribution in [3.63, 3.8) is 0 Å². The Balaban J connectivity index is 2.00. The van der Waals surface area contributed by atoms with Gasteiger partial charge in [-0.25, -0.2) is 0 Å². The number of phenolic OH excluding ortho intramolecular Hbond substituents is 1. The Bertz CT molecular complexity index is 456. The molecule has 104 valence electrons. The number of carbonyl (C=O) groups excluding carboxylic acids is 1. The molecule has 1 aromatic rings. The van der Waals surface area contributed by atoms with Crippen molar-refractivity contribution in [3.05, 3.63) is 29.3 Å². The zero-order valence-electron chi connectivity index (χ0n) is 11.8. The van der Waals surface area contributed by atoms with Crippen LogP contribution in [0.2, 0.25) is 0 Å². The van der Waals surface area contributed by atoms with Gasteiger partial charge in [-0.05, 0) is 49.4 Å². The predicted molar refractivity (Wildman–Crippen MR) is 76.3 cm³/mol. The monoisotopic (exact) mass is 261 g/mol. The van der Waals surface area contributed by atoms with Crippen molar-refractivity contribution in [2.45, 2.75) is 52.0 Å². The van der Waals surface area contributed by atoms with Crippen molar-refractivity contribution >= 4 is 5.91 Å². The Kier molecular flexibility index (Phi) is 4.46. The maximum absolute atomic E-state index is 12.2. The molecule has 0 saturated heterocycles. The van der Waals surface area contributed by atoms with Crippen LogP contribution in [0.4, 0.5) is 0 Å². The minimum absolute atomic E-state index is 0.0146. The van der Waals surface area contributed by atoms with E-state index >= 15 is 0 Å². The Hall–Kier alpha value is -1.51. The molecule has 0 radical (unpaired) electrons. The summed E-state index contributed by atoms with van der Waals surface area (Å²) in [6.45, 7) is 4.07. The average molecular weight is 261 g/mol. The van der Waals surface area contributed by atoms with Gasteiger partial charge in [-0.2, -0.15) is 0 Å². The first-order valence-electron chi connectivity index (χ1n) is 7.20. The van der Waals surface area contributed by atoms with Crippen molar-refractivity contribution in [1.82, 2.24) is 5.32 Å². The van der Waals surface area contributed by atoms with Gasteiger partial charge < -0.3 is 10.4 Å². The summed E-state index contributed by atoms with van der Waals surface area (Å²) in [5.74, 6) is 0.942. The topological polar surface area (TPSA) is 49.3 Å². The summed E-state index contributed by atoms with van der Waals surface area (Å²) in [6, 6.07) is 5.20. The SMILES string of the molecule is CCC1CCCC(NC(=O)c2ccc(O)cc2C)C1. The molecule has 0 aliphatic heterocycles. The molecule has 0 heterocycles. The van der Waals surface area contributed by atoms with Crippen molar-refractivity contribution in [2.24, 2.45) is 5.92 Å². The summed E-state index contributed by atoms with van der Waals surface area (Å²) in [7, 11) is 0. The molecule has 1 saturated carbocycles. The van der Waals surface area contributed by atoms with Gasteiger partial charge in [0.2, 0.25) is 0 Å². The predicted octanol–water partition coefficient (Wildman–Crippen LogP) is 3.40. The van der Waals surface area contributed by atoms with E-state index in [1.54, 1.807) is 18.2 Å². The molecule has 1 amide bonds. The number of rotatable bonds is 3. The molecule has 1 aliphatic carbocycles. The molecular formula is C16H23NO2. The smallest absolute Gasteiger partial charge is 0.251 e. The molecule has 19 heavy (non-hydrogen) atoms. The van der Waals surface area contributed by atoms with Crippen LogP contribution in [0.25, 0.3) is 0 Å². The molecule has 2 rings (SSSR count). The maximum atomic E-state index is 12.2. The summed E-state index contributed by atoms with van der Waals surface area (Å²) < 4.78 is 0. The van der Waals surface area contributed by atoms with E-state index in [2.05, 4.69) is 12.2 Å². The molecule has 2 unspecified atom stereocenters. The van der Waals surface area contributed by atoms with Gasteiger partial charge in [0.15, 0.2) is 0 Å². The Morgan fingerprint density at radius 1 is 1.42 bits per heavy atom. The molecule has 0 bridgehead atoms. The normalized spacial score (nSPS) is 23.1. The molecule has 0 spiro atoms. The van der Waals surface area contributed by atoms with E-state index < -0.39 is 0 Å². The van der Waals surface area contributed by atoms with Crippen LogP contribution >= 0.6 is 0 Å². The van der Waals surface area contributed by atoms with Crippen molar-refractivity contribution in [2.75, 3.05) is 0 Å². The highest BCUT2D eigenvalue weighted by Crippen LogP contribution is 2.27. The van der Waals surface area contributed by atoms with Gasteiger partial charge >= 0.3 is 0 Å². The third-order valence-electron chi connectivity index (χ3n) is 4.15. The molecule has 1 fully saturated rings. The first-order chi connectivity index (χ1) is 9.10. The number of aromatic hydroxyl groups is 1. The van der Waals surface area contributed by atoms with Crippen molar-refractivity contribution in [3.8, 4) is 5.75 Å². The molecule has 3 nitrogen and oxygen atoms in total. The Labute approximate surface area is 115 Å². The van der Waals surface area contributed by atoms with Crippen LogP contribution in [-0.4, -0.2) is 17.1 Å². The van der Waals surface area contributed by atoms with E-state index in [0.717, 1.165) is 24.3 Å². The van der Waals surface area contributed by atoms with Crippen molar-refractivity contribution < 1.29 is 9.90 Å². The fraction of sp³-hybridized carbons (Fsp3) is 0.562. The average Bonchev–Trinajstić information content (AvgIpc) is 2.38. The zero-order valence-corrected chi connectivity index (χ0v) is 11.8. The highest BCUT2D eigenvalue weighted by Gasteiger charge is 2.22. The van der Waals surface area contributed by atoms with Crippen LogP contribution in [0.1, 0.15) is 54.9 Å². The van der Waals surface area contributed by atoms with Crippen LogP contribution in [-0.2, 0) is 0 Å². The van der Waals surface area contributed by atoms with E-state index in [1.165, 1.54) is 19.3 Å². The largest absolute Gasteiger partial charge is 0.508 e. The third-order valence-corrected chi connectivity index (χ3v) is 4.15. The maximum Gasteiger partial charge on any atom is 0.251 e. The zero-order chi connectivity index (χ0) is 13.8. The molecule has 1 aromatic carbocycles. The Morgan fingerprint density at radius 3 is 2.89 bits per heavy atom. The van der Waals surface area contributed by atoms with Crippen molar-refractivity contribution in [1.29, 1.82) is 0 Å². The van der Waals surface area contributed by atoms with Crippen LogP contribution in [0, 0.1) is 12.8 Å². The lowest BCUT2D eigenvalue weighted by atomic mass is 9.84. The van der Waals surface area contributed by atoms with Crippen LogP contribution < -0.4 is 5.32 Å². The number of hydrogen-bond donors (Lipinski definition) is 2. The van der Waals surface area contributed by atoms with E-state index in [9.17, 15) is 9.90 Å².